The third-order valence-corrected chi connectivity index (χ3v) is 1.09. The van der Waals surface area contributed by atoms with Crippen LogP contribution in [0.5, 0.6) is 0 Å². The van der Waals surface area contributed by atoms with Crippen molar-refractivity contribution in [1.82, 2.24) is 9.97 Å². The van der Waals surface area contributed by atoms with Crippen molar-refractivity contribution in [2.75, 3.05) is 0 Å². The molecule has 2 nitrogen and oxygen atoms in total. The zero-order valence-electron chi connectivity index (χ0n) is 5.63. The van der Waals surface area contributed by atoms with Crippen LogP contribution in [0.4, 0.5) is 0 Å². The Morgan fingerprint density at radius 1 is 1.56 bits per heavy atom. The quantitative estimate of drug-likeness (QED) is 0.560. The maximum Gasteiger partial charge on any atom is 0.125 e. The summed E-state index contributed by atoms with van der Waals surface area (Å²) in [6.45, 7) is 3.84. The predicted molar refractivity (Wildman–Crippen MR) is 35.8 cm³/mol. The van der Waals surface area contributed by atoms with Crippen LogP contribution in [0.2, 0.25) is 0 Å². The van der Waals surface area contributed by atoms with Crippen molar-refractivity contribution in [3.8, 4) is 0 Å². The van der Waals surface area contributed by atoms with Gasteiger partial charge in [0, 0.05) is 18.3 Å². The molecule has 1 radical (unpaired) electrons. The number of rotatable bonds is 1. The van der Waals surface area contributed by atoms with E-state index in [9.17, 15) is 0 Å². The van der Waals surface area contributed by atoms with Crippen LogP contribution in [0.1, 0.15) is 18.4 Å². The van der Waals surface area contributed by atoms with E-state index in [4.69, 9.17) is 0 Å². The second kappa shape index (κ2) is 2.58. The SMILES string of the molecule is C[CH]c1ccnc(C)n1. The van der Waals surface area contributed by atoms with Gasteiger partial charge in [0.25, 0.3) is 0 Å². The smallest absolute Gasteiger partial charge is 0.125 e. The van der Waals surface area contributed by atoms with Crippen LogP contribution in [-0.2, 0) is 0 Å². The van der Waals surface area contributed by atoms with E-state index in [-0.39, 0.29) is 0 Å². The summed E-state index contributed by atoms with van der Waals surface area (Å²) in [7, 11) is 0. The molecule has 1 heterocycles. The maximum atomic E-state index is 4.12. The molecule has 47 valence electrons. The van der Waals surface area contributed by atoms with Crippen LogP contribution in [-0.4, -0.2) is 9.97 Å². The summed E-state index contributed by atoms with van der Waals surface area (Å²) in [4.78, 5) is 8.08. The molecule has 0 fully saturated rings. The van der Waals surface area contributed by atoms with Crippen molar-refractivity contribution in [1.29, 1.82) is 0 Å². The lowest BCUT2D eigenvalue weighted by atomic mass is 10.3. The molecule has 0 atom stereocenters. The summed E-state index contributed by atoms with van der Waals surface area (Å²) in [5, 5.41) is 0. The van der Waals surface area contributed by atoms with E-state index in [1.807, 2.05) is 26.3 Å². The van der Waals surface area contributed by atoms with E-state index in [1.165, 1.54) is 0 Å². The molecule has 0 aliphatic heterocycles. The molecular formula is C7H9N2. The van der Waals surface area contributed by atoms with E-state index >= 15 is 0 Å². The molecule has 1 aromatic heterocycles. The van der Waals surface area contributed by atoms with E-state index in [1.54, 1.807) is 6.20 Å². The number of hydrogen-bond acceptors (Lipinski definition) is 2. The Balaban J connectivity index is 2.94. The molecule has 0 aromatic carbocycles. The summed E-state index contributed by atoms with van der Waals surface area (Å²) in [6, 6.07) is 1.88. The van der Waals surface area contributed by atoms with Gasteiger partial charge >= 0.3 is 0 Å². The fraction of sp³-hybridized carbons (Fsp3) is 0.286. The average molecular weight is 121 g/mol. The standard InChI is InChI=1S/C7H9N2/c1-3-7-4-5-8-6(2)9-7/h3-5H,1-2H3. The zero-order chi connectivity index (χ0) is 6.69. The first kappa shape index (κ1) is 6.20. The maximum absolute atomic E-state index is 4.12. The summed E-state index contributed by atoms with van der Waals surface area (Å²) in [6.07, 6.45) is 3.71. The normalized spacial score (nSPS) is 9.56. The zero-order valence-corrected chi connectivity index (χ0v) is 5.63. The third kappa shape index (κ3) is 1.49. The molecule has 9 heavy (non-hydrogen) atoms. The number of aryl methyl sites for hydroxylation is 1. The minimum absolute atomic E-state index is 0.825. The average Bonchev–Trinajstić information content (AvgIpc) is 1.88. The van der Waals surface area contributed by atoms with Crippen molar-refractivity contribution in [2.24, 2.45) is 0 Å². The monoisotopic (exact) mass is 121 g/mol. The van der Waals surface area contributed by atoms with Crippen LogP contribution in [0.15, 0.2) is 12.3 Å². The van der Waals surface area contributed by atoms with Crippen molar-refractivity contribution in [3.63, 3.8) is 0 Å². The van der Waals surface area contributed by atoms with Gasteiger partial charge in [-0.15, -0.1) is 0 Å². The number of aromatic nitrogens is 2. The molecule has 0 spiro atoms. The highest BCUT2D eigenvalue weighted by molar-refractivity contribution is 5.09. The highest BCUT2D eigenvalue weighted by Crippen LogP contribution is 1.95. The van der Waals surface area contributed by atoms with Gasteiger partial charge in [-0.25, -0.2) is 9.97 Å². The Labute approximate surface area is 55.0 Å². The molecule has 1 rings (SSSR count). The molecule has 0 amide bonds. The molecule has 0 unspecified atom stereocenters. The molecule has 2 heteroatoms. The van der Waals surface area contributed by atoms with Gasteiger partial charge in [-0.3, -0.25) is 0 Å². The summed E-state index contributed by atoms with van der Waals surface area (Å²) < 4.78 is 0. The van der Waals surface area contributed by atoms with Crippen molar-refractivity contribution in [3.05, 3.63) is 30.2 Å². The summed E-state index contributed by atoms with van der Waals surface area (Å²) in [5.74, 6) is 0.825. The molecule has 0 saturated carbocycles. The summed E-state index contributed by atoms with van der Waals surface area (Å²) in [5.41, 5.74) is 0.988. The third-order valence-electron chi connectivity index (χ3n) is 1.09. The van der Waals surface area contributed by atoms with Crippen LogP contribution in [0, 0.1) is 13.3 Å². The molecule has 0 aliphatic carbocycles. The molecule has 0 aliphatic rings. The van der Waals surface area contributed by atoms with Gasteiger partial charge in [0.2, 0.25) is 0 Å². The van der Waals surface area contributed by atoms with Gasteiger partial charge in [0.1, 0.15) is 5.82 Å². The first-order valence-corrected chi connectivity index (χ1v) is 2.92. The van der Waals surface area contributed by atoms with Gasteiger partial charge in [-0.2, -0.15) is 0 Å². The van der Waals surface area contributed by atoms with Crippen LogP contribution in [0.3, 0.4) is 0 Å². The van der Waals surface area contributed by atoms with Gasteiger partial charge in [-0.05, 0) is 13.0 Å². The molecule has 1 aromatic rings. The largest absolute Gasteiger partial charge is 0.242 e. The van der Waals surface area contributed by atoms with Gasteiger partial charge in [0.05, 0.1) is 0 Å². The predicted octanol–water partition coefficient (Wildman–Crippen LogP) is 1.36. The van der Waals surface area contributed by atoms with E-state index in [0.29, 0.717) is 0 Å². The minimum Gasteiger partial charge on any atom is -0.242 e. The number of nitrogens with zero attached hydrogens (tertiary/aromatic N) is 2. The van der Waals surface area contributed by atoms with Crippen LogP contribution in [0.25, 0.3) is 0 Å². The van der Waals surface area contributed by atoms with Gasteiger partial charge < -0.3 is 0 Å². The molecule has 0 saturated heterocycles. The Kier molecular flexibility index (Phi) is 1.78. The highest BCUT2D eigenvalue weighted by atomic mass is 14.9. The Morgan fingerprint density at radius 2 is 2.33 bits per heavy atom. The van der Waals surface area contributed by atoms with Crippen molar-refractivity contribution in [2.45, 2.75) is 13.8 Å². The second-order valence-corrected chi connectivity index (χ2v) is 1.82. The van der Waals surface area contributed by atoms with Gasteiger partial charge in [0.15, 0.2) is 0 Å². The van der Waals surface area contributed by atoms with Crippen molar-refractivity contribution >= 4 is 0 Å². The fourth-order valence-electron chi connectivity index (χ4n) is 0.635. The Hall–Kier alpha value is -0.920. The first-order chi connectivity index (χ1) is 4.33. The second-order valence-electron chi connectivity index (χ2n) is 1.82. The number of hydrogen-bond donors (Lipinski definition) is 0. The van der Waals surface area contributed by atoms with Crippen LogP contribution < -0.4 is 0 Å². The first-order valence-electron chi connectivity index (χ1n) is 2.92. The van der Waals surface area contributed by atoms with E-state index < -0.39 is 0 Å². The minimum atomic E-state index is 0.825. The van der Waals surface area contributed by atoms with Crippen molar-refractivity contribution < 1.29 is 0 Å². The molecular weight excluding hydrogens is 112 g/mol. The lowest BCUT2D eigenvalue weighted by molar-refractivity contribution is 1.02. The topological polar surface area (TPSA) is 25.8 Å². The molecule has 0 bridgehead atoms. The Morgan fingerprint density at radius 3 is 2.78 bits per heavy atom. The van der Waals surface area contributed by atoms with E-state index in [0.717, 1.165) is 11.5 Å². The highest BCUT2D eigenvalue weighted by Gasteiger charge is 1.88. The molecule has 0 N–H and O–H groups in total. The van der Waals surface area contributed by atoms with Crippen LogP contribution >= 0.6 is 0 Å². The summed E-state index contributed by atoms with van der Waals surface area (Å²) >= 11 is 0. The van der Waals surface area contributed by atoms with Gasteiger partial charge in [-0.1, -0.05) is 6.92 Å². The Bertz CT molecular complexity index is 196. The lowest BCUT2D eigenvalue weighted by Gasteiger charge is -1.93. The van der Waals surface area contributed by atoms with E-state index in [2.05, 4.69) is 9.97 Å². The fourth-order valence-corrected chi connectivity index (χ4v) is 0.635. The lowest BCUT2D eigenvalue weighted by Crippen LogP contribution is -1.89.